The minimum Gasteiger partial charge on any atom is -0.340 e. The van der Waals surface area contributed by atoms with Crippen molar-refractivity contribution in [1.29, 1.82) is 0 Å². The third-order valence-corrected chi connectivity index (χ3v) is 6.12. The van der Waals surface area contributed by atoms with Crippen LogP contribution in [0.2, 0.25) is 0 Å². The van der Waals surface area contributed by atoms with Gasteiger partial charge >= 0.3 is 0 Å². The lowest BCUT2D eigenvalue weighted by Gasteiger charge is -2.24. The maximum Gasteiger partial charge on any atom is 0.227 e. The lowest BCUT2D eigenvalue weighted by atomic mass is 10.2. The molecule has 1 aliphatic rings. The molecule has 9 heteroatoms. The van der Waals surface area contributed by atoms with E-state index in [0.29, 0.717) is 23.9 Å². The van der Waals surface area contributed by atoms with Gasteiger partial charge in [0.05, 0.1) is 11.5 Å². The van der Waals surface area contributed by atoms with E-state index in [-0.39, 0.29) is 23.5 Å². The lowest BCUT2D eigenvalue weighted by Crippen LogP contribution is -2.34. The van der Waals surface area contributed by atoms with Gasteiger partial charge in [0.15, 0.2) is 9.84 Å². The molecule has 1 fully saturated rings. The Morgan fingerprint density at radius 1 is 1.22 bits per heavy atom. The van der Waals surface area contributed by atoms with Crippen molar-refractivity contribution in [3.05, 3.63) is 36.0 Å². The molecule has 3 rings (SSSR count). The van der Waals surface area contributed by atoms with Crippen LogP contribution >= 0.6 is 0 Å². The summed E-state index contributed by atoms with van der Waals surface area (Å²) in [4.78, 5) is 22.0. The zero-order chi connectivity index (χ0) is 19.6. The highest BCUT2D eigenvalue weighted by Crippen LogP contribution is 2.24. The van der Waals surface area contributed by atoms with Crippen molar-refractivity contribution in [3.63, 3.8) is 0 Å². The average Bonchev–Trinajstić information content (AvgIpc) is 2.93. The fourth-order valence-electron chi connectivity index (χ4n) is 3.04. The molecule has 2 heterocycles. The summed E-state index contributed by atoms with van der Waals surface area (Å²) in [7, 11) is -1.16. The fourth-order valence-corrected chi connectivity index (χ4v) is 4.82. The van der Waals surface area contributed by atoms with E-state index < -0.39 is 9.84 Å². The van der Waals surface area contributed by atoms with Crippen molar-refractivity contribution in [1.82, 2.24) is 9.97 Å². The smallest absolute Gasteiger partial charge is 0.227 e. The molecular formula is C18H23N5O3S. The molecule has 144 valence electrons. The molecule has 1 saturated heterocycles. The Hall–Kier alpha value is -2.68. The first-order valence-corrected chi connectivity index (χ1v) is 10.5. The second-order valence-electron chi connectivity index (χ2n) is 6.75. The molecule has 2 aromatic rings. The first kappa shape index (κ1) is 19.1. The summed E-state index contributed by atoms with van der Waals surface area (Å²) in [6.45, 7) is 3.32. The van der Waals surface area contributed by atoms with E-state index >= 15 is 0 Å². The summed E-state index contributed by atoms with van der Waals surface area (Å²) in [6.07, 6.45) is 0.581. The number of carbonyl (C=O) groups excluding carboxylic acids is 1. The molecular weight excluding hydrogens is 366 g/mol. The van der Waals surface area contributed by atoms with Crippen LogP contribution in [-0.2, 0) is 14.6 Å². The van der Waals surface area contributed by atoms with E-state index in [1.165, 1.54) is 6.92 Å². The topological polar surface area (TPSA) is 104 Å². The highest BCUT2D eigenvalue weighted by molar-refractivity contribution is 7.91. The van der Waals surface area contributed by atoms with Crippen LogP contribution < -0.4 is 15.5 Å². The molecule has 27 heavy (non-hydrogen) atoms. The Morgan fingerprint density at radius 3 is 2.63 bits per heavy atom. The summed E-state index contributed by atoms with van der Waals surface area (Å²) in [6, 6.07) is 9.01. The number of aryl methyl sites for hydroxylation is 1. The second kappa shape index (κ2) is 7.51. The van der Waals surface area contributed by atoms with Gasteiger partial charge in [-0.3, -0.25) is 4.79 Å². The Bertz CT molecular complexity index is 961. The first-order valence-electron chi connectivity index (χ1n) is 8.65. The Kier molecular flexibility index (Phi) is 5.31. The molecule has 0 saturated carbocycles. The average molecular weight is 389 g/mol. The number of carbonyl (C=O) groups is 1. The number of nitrogens with one attached hydrogen (secondary N) is 2. The van der Waals surface area contributed by atoms with Crippen LogP contribution in [0.3, 0.4) is 0 Å². The Morgan fingerprint density at radius 2 is 1.96 bits per heavy atom. The standard InChI is InChI=1S/C18H23N5O3S/c1-12-9-17(21-15-6-4-5-14(10-15)20-13(2)24)22-18(19-12)23(3)16-7-8-27(25,26)11-16/h4-6,9-10,16H,7-8,11H2,1-3H3,(H,20,24)(H,19,21,22). The van der Waals surface area contributed by atoms with E-state index in [2.05, 4.69) is 20.6 Å². The maximum absolute atomic E-state index is 11.8. The van der Waals surface area contributed by atoms with Crippen LogP contribution in [0, 0.1) is 6.92 Å². The van der Waals surface area contributed by atoms with Gasteiger partial charge in [-0.05, 0) is 31.5 Å². The van der Waals surface area contributed by atoms with Crippen molar-refractivity contribution < 1.29 is 13.2 Å². The van der Waals surface area contributed by atoms with Crippen molar-refractivity contribution in [3.8, 4) is 0 Å². The third-order valence-electron chi connectivity index (χ3n) is 4.37. The number of sulfone groups is 1. The minimum atomic E-state index is -2.98. The number of amides is 1. The molecule has 0 bridgehead atoms. The number of anilines is 4. The number of nitrogens with zero attached hydrogens (tertiary/aromatic N) is 3. The molecule has 8 nitrogen and oxygen atoms in total. The first-order chi connectivity index (χ1) is 12.7. The third kappa shape index (κ3) is 4.94. The zero-order valence-corrected chi connectivity index (χ0v) is 16.4. The SMILES string of the molecule is CC(=O)Nc1cccc(Nc2cc(C)nc(N(C)C3CCS(=O)(=O)C3)n2)c1. The second-order valence-corrected chi connectivity index (χ2v) is 8.98. The normalized spacial score (nSPS) is 18.1. The summed E-state index contributed by atoms with van der Waals surface area (Å²) >= 11 is 0. The van der Waals surface area contributed by atoms with Crippen LogP contribution in [-0.4, -0.2) is 48.9 Å². The molecule has 1 amide bonds. The van der Waals surface area contributed by atoms with Gasteiger partial charge in [0.1, 0.15) is 5.82 Å². The molecule has 1 unspecified atom stereocenters. The molecule has 1 aliphatic heterocycles. The summed E-state index contributed by atoms with van der Waals surface area (Å²) in [5, 5.41) is 5.95. The van der Waals surface area contributed by atoms with Crippen LogP contribution in [0.25, 0.3) is 0 Å². The van der Waals surface area contributed by atoms with Gasteiger partial charge in [0, 0.05) is 43.1 Å². The van der Waals surface area contributed by atoms with Gasteiger partial charge in [0.2, 0.25) is 11.9 Å². The largest absolute Gasteiger partial charge is 0.340 e. The molecule has 1 aromatic carbocycles. The predicted octanol–water partition coefficient (Wildman–Crippen LogP) is 2.11. The summed E-state index contributed by atoms with van der Waals surface area (Å²) < 4.78 is 23.5. The number of hydrogen-bond acceptors (Lipinski definition) is 7. The number of hydrogen-bond donors (Lipinski definition) is 2. The highest BCUT2D eigenvalue weighted by Gasteiger charge is 2.31. The lowest BCUT2D eigenvalue weighted by molar-refractivity contribution is -0.114. The van der Waals surface area contributed by atoms with Crippen molar-refractivity contribution >= 4 is 38.9 Å². The molecule has 1 atom stereocenters. The van der Waals surface area contributed by atoms with Crippen molar-refractivity contribution in [2.75, 3.05) is 34.1 Å². The zero-order valence-electron chi connectivity index (χ0n) is 15.6. The van der Waals surface area contributed by atoms with E-state index in [1.54, 1.807) is 6.07 Å². The molecule has 0 aliphatic carbocycles. The number of aromatic nitrogens is 2. The van der Waals surface area contributed by atoms with E-state index in [9.17, 15) is 13.2 Å². The van der Waals surface area contributed by atoms with Gasteiger partial charge in [-0.15, -0.1) is 0 Å². The van der Waals surface area contributed by atoms with E-state index in [4.69, 9.17) is 0 Å². The van der Waals surface area contributed by atoms with Gasteiger partial charge in [0.25, 0.3) is 0 Å². The van der Waals surface area contributed by atoms with Crippen LogP contribution in [0.5, 0.6) is 0 Å². The van der Waals surface area contributed by atoms with Gasteiger partial charge in [-0.2, -0.15) is 4.98 Å². The van der Waals surface area contributed by atoms with Gasteiger partial charge < -0.3 is 15.5 Å². The molecule has 2 N–H and O–H groups in total. The minimum absolute atomic E-state index is 0.118. The molecule has 1 aromatic heterocycles. The van der Waals surface area contributed by atoms with E-state index in [0.717, 1.165) is 11.4 Å². The molecule has 0 spiro atoms. The summed E-state index contributed by atoms with van der Waals surface area (Å²) in [5.74, 6) is 1.28. The monoisotopic (exact) mass is 389 g/mol. The highest BCUT2D eigenvalue weighted by atomic mass is 32.2. The fraction of sp³-hybridized carbons (Fsp3) is 0.389. The van der Waals surface area contributed by atoms with E-state index in [1.807, 2.05) is 43.1 Å². The van der Waals surface area contributed by atoms with Crippen LogP contribution in [0.1, 0.15) is 19.0 Å². The van der Waals surface area contributed by atoms with Gasteiger partial charge in [-0.1, -0.05) is 6.07 Å². The van der Waals surface area contributed by atoms with Gasteiger partial charge in [-0.25, -0.2) is 13.4 Å². The van der Waals surface area contributed by atoms with Crippen molar-refractivity contribution in [2.24, 2.45) is 0 Å². The molecule has 0 radical (unpaired) electrons. The quantitative estimate of drug-likeness (QED) is 0.807. The maximum atomic E-state index is 11.8. The van der Waals surface area contributed by atoms with Crippen LogP contribution in [0.15, 0.2) is 30.3 Å². The summed E-state index contributed by atoms with van der Waals surface area (Å²) in [5.41, 5.74) is 2.23. The number of rotatable bonds is 5. The number of benzene rings is 1. The van der Waals surface area contributed by atoms with Crippen LogP contribution in [0.4, 0.5) is 23.1 Å². The Balaban J connectivity index is 1.80. The predicted molar refractivity (Wildman–Crippen MR) is 106 cm³/mol. The van der Waals surface area contributed by atoms with Crippen molar-refractivity contribution in [2.45, 2.75) is 26.3 Å². The Labute approximate surface area is 158 Å².